The van der Waals surface area contributed by atoms with Gasteiger partial charge in [0.1, 0.15) is 0 Å². The first kappa shape index (κ1) is 9.06. The van der Waals surface area contributed by atoms with Crippen molar-refractivity contribution in [2.45, 2.75) is 0 Å². The number of Topliss-reactive ketones (excluding diaryl/α,β-unsaturated/α-hetero) is 1. The number of rotatable bonds is 2. The third kappa shape index (κ3) is 1.58. The minimum Gasteiger partial charge on any atom is -0.504 e. The molecule has 0 heterocycles. The zero-order valence-electron chi connectivity index (χ0n) is 6.12. The van der Waals surface area contributed by atoms with Crippen LogP contribution in [0.25, 0.3) is 0 Å². The highest BCUT2D eigenvalue weighted by atomic mass is 79.9. The molecule has 0 fully saturated rings. The van der Waals surface area contributed by atoms with Crippen LogP contribution >= 0.6 is 15.9 Å². The Balaban J connectivity index is 3.16. The molecule has 1 rings (SSSR count). The smallest absolute Gasteiger partial charge is 0.177 e. The van der Waals surface area contributed by atoms with Crippen molar-refractivity contribution in [1.29, 1.82) is 0 Å². The first-order valence-electron chi connectivity index (χ1n) is 3.27. The molecule has 0 amide bonds. The first-order valence-corrected chi connectivity index (χ1v) is 4.39. The van der Waals surface area contributed by atoms with Crippen LogP contribution in [0.15, 0.2) is 18.2 Å². The second-order valence-electron chi connectivity index (χ2n) is 2.23. The molecule has 0 aliphatic rings. The maximum Gasteiger partial charge on any atom is 0.177 e. The molecular weight excluding hydrogens is 224 g/mol. The van der Waals surface area contributed by atoms with Gasteiger partial charge in [-0.05, 0) is 12.1 Å². The van der Waals surface area contributed by atoms with E-state index in [1.54, 1.807) is 0 Å². The van der Waals surface area contributed by atoms with Gasteiger partial charge in [0.05, 0.1) is 10.9 Å². The largest absolute Gasteiger partial charge is 0.504 e. The Hall–Kier alpha value is -1.03. The lowest BCUT2D eigenvalue weighted by Gasteiger charge is -2.01. The van der Waals surface area contributed by atoms with Crippen LogP contribution in [0.3, 0.4) is 0 Å². The lowest BCUT2D eigenvalue weighted by molar-refractivity contribution is 0.102. The summed E-state index contributed by atoms with van der Waals surface area (Å²) in [4.78, 5) is 11.1. The number of carbonyl (C=O) groups is 1. The SMILES string of the molecule is O=C(CBr)c1cccc(O)c1O. The lowest BCUT2D eigenvalue weighted by Crippen LogP contribution is -1.99. The molecule has 0 atom stereocenters. The Morgan fingerprint density at radius 2 is 2.08 bits per heavy atom. The molecule has 1 aromatic carbocycles. The molecule has 0 bridgehead atoms. The van der Waals surface area contributed by atoms with Gasteiger partial charge in [0.25, 0.3) is 0 Å². The van der Waals surface area contributed by atoms with Crippen LogP contribution in [0, 0.1) is 0 Å². The van der Waals surface area contributed by atoms with E-state index >= 15 is 0 Å². The minimum atomic E-state index is -0.359. The normalized spacial score (nSPS) is 9.75. The van der Waals surface area contributed by atoms with E-state index in [9.17, 15) is 9.90 Å². The summed E-state index contributed by atoms with van der Waals surface area (Å²) in [6, 6.07) is 4.28. The molecule has 0 saturated carbocycles. The van der Waals surface area contributed by atoms with Crippen LogP contribution in [-0.4, -0.2) is 21.3 Å². The molecule has 64 valence electrons. The zero-order chi connectivity index (χ0) is 9.14. The predicted molar refractivity (Wildman–Crippen MR) is 47.9 cm³/mol. The molecule has 0 aliphatic carbocycles. The molecule has 0 aromatic heterocycles. The fraction of sp³-hybridized carbons (Fsp3) is 0.125. The number of aromatic hydroxyl groups is 2. The molecule has 3 nitrogen and oxygen atoms in total. The van der Waals surface area contributed by atoms with Gasteiger partial charge in [0.15, 0.2) is 17.3 Å². The average molecular weight is 231 g/mol. The van der Waals surface area contributed by atoms with Crippen LogP contribution in [-0.2, 0) is 0 Å². The predicted octanol–water partition coefficient (Wildman–Crippen LogP) is 1.68. The van der Waals surface area contributed by atoms with E-state index in [0.717, 1.165) is 0 Å². The minimum absolute atomic E-state index is 0.129. The number of benzene rings is 1. The maximum absolute atomic E-state index is 11.1. The monoisotopic (exact) mass is 230 g/mol. The fourth-order valence-corrected chi connectivity index (χ4v) is 1.13. The number of alkyl halides is 1. The number of halogens is 1. The fourth-order valence-electron chi connectivity index (χ4n) is 0.828. The van der Waals surface area contributed by atoms with Crippen LogP contribution in [0.5, 0.6) is 11.5 Å². The molecule has 0 spiro atoms. The Morgan fingerprint density at radius 1 is 1.42 bits per heavy atom. The Kier molecular flexibility index (Phi) is 2.70. The summed E-state index contributed by atoms with van der Waals surface area (Å²) in [5.41, 5.74) is 0.131. The van der Waals surface area contributed by atoms with Gasteiger partial charge >= 0.3 is 0 Å². The van der Waals surface area contributed by atoms with Gasteiger partial charge in [-0.25, -0.2) is 0 Å². The molecule has 2 N–H and O–H groups in total. The van der Waals surface area contributed by atoms with E-state index in [1.165, 1.54) is 18.2 Å². The first-order chi connectivity index (χ1) is 5.66. The van der Waals surface area contributed by atoms with Crippen molar-refractivity contribution in [2.24, 2.45) is 0 Å². The number of carbonyl (C=O) groups excluding carboxylic acids is 1. The molecule has 0 unspecified atom stereocenters. The highest BCUT2D eigenvalue weighted by Crippen LogP contribution is 2.28. The van der Waals surface area contributed by atoms with Gasteiger partial charge < -0.3 is 10.2 Å². The molecule has 12 heavy (non-hydrogen) atoms. The van der Waals surface area contributed by atoms with Crippen LogP contribution < -0.4 is 0 Å². The van der Waals surface area contributed by atoms with E-state index in [2.05, 4.69) is 15.9 Å². The topological polar surface area (TPSA) is 57.5 Å². The lowest BCUT2D eigenvalue weighted by atomic mass is 10.1. The zero-order valence-corrected chi connectivity index (χ0v) is 7.71. The van der Waals surface area contributed by atoms with Gasteiger partial charge in [0, 0.05) is 0 Å². The van der Waals surface area contributed by atoms with Crippen molar-refractivity contribution in [3.05, 3.63) is 23.8 Å². The summed E-state index contributed by atoms with van der Waals surface area (Å²) in [5.74, 6) is -0.896. The van der Waals surface area contributed by atoms with Crippen molar-refractivity contribution in [2.75, 3.05) is 5.33 Å². The summed E-state index contributed by atoms with van der Waals surface area (Å²) in [6.45, 7) is 0. The number of phenols is 2. The van der Waals surface area contributed by atoms with Gasteiger partial charge in [0.2, 0.25) is 0 Å². The van der Waals surface area contributed by atoms with Crippen molar-refractivity contribution in [3.8, 4) is 11.5 Å². The van der Waals surface area contributed by atoms with Crippen molar-refractivity contribution >= 4 is 21.7 Å². The third-order valence-electron chi connectivity index (χ3n) is 1.44. The number of phenolic OH excluding ortho intramolecular Hbond substituents is 2. The average Bonchev–Trinajstić information content (AvgIpc) is 2.08. The van der Waals surface area contributed by atoms with Crippen molar-refractivity contribution in [1.82, 2.24) is 0 Å². The van der Waals surface area contributed by atoms with Gasteiger partial charge in [-0.3, -0.25) is 4.79 Å². The second kappa shape index (κ2) is 3.58. The van der Waals surface area contributed by atoms with E-state index in [1.807, 2.05) is 0 Å². The molecule has 0 aliphatic heterocycles. The molecule has 0 radical (unpaired) electrons. The summed E-state index contributed by atoms with van der Waals surface area (Å²) < 4.78 is 0. The quantitative estimate of drug-likeness (QED) is 0.462. The number of hydrogen-bond donors (Lipinski definition) is 2. The van der Waals surface area contributed by atoms with Crippen LogP contribution in [0.4, 0.5) is 0 Å². The van der Waals surface area contributed by atoms with E-state index in [0.29, 0.717) is 0 Å². The molecule has 0 saturated heterocycles. The van der Waals surface area contributed by atoms with Crippen molar-refractivity contribution in [3.63, 3.8) is 0 Å². The second-order valence-corrected chi connectivity index (χ2v) is 2.79. The van der Waals surface area contributed by atoms with Gasteiger partial charge in [-0.15, -0.1) is 0 Å². The number of ketones is 1. The van der Waals surface area contributed by atoms with Gasteiger partial charge in [-0.1, -0.05) is 22.0 Å². The Labute approximate surface area is 77.8 Å². The molecular formula is C8H7BrO3. The van der Waals surface area contributed by atoms with Crippen molar-refractivity contribution < 1.29 is 15.0 Å². The standard InChI is InChI=1S/C8H7BrO3/c9-4-7(11)5-2-1-3-6(10)8(5)12/h1-3,10,12H,4H2. The molecule has 4 heteroatoms. The van der Waals surface area contributed by atoms with Crippen LogP contribution in [0.2, 0.25) is 0 Å². The summed E-state index contributed by atoms with van der Waals surface area (Å²) >= 11 is 2.97. The van der Waals surface area contributed by atoms with Crippen LogP contribution in [0.1, 0.15) is 10.4 Å². The summed E-state index contributed by atoms with van der Waals surface area (Å²) in [5, 5.41) is 18.4. The summed E-state index contributed by atoms with van der Waals surface area (Å²) in [7, 11) is 0. The maximum atomic E-state index is 11.1. The highest BCUT2D eigenvalue weighted by molar-refractivity contribution is 9.09. The van der Waals surface area contributed by atoms with E-state index in [-0.39, 0.29) is 28.2 Å². The Morgan fingerprint density at radius 3 is 2.67 bits per heavy atom. The highest BCUT2D eigenvalue weighted by Gasteiger charge is 2.11. The van der Waals surface area contributed by atoms with E-state index < -0.39 is 0 Å². The summed E-state index contributed by atoms with van der Waals surface area (Å²) in [6.07, 6.45) is 0. The van der Waals surface area contributed by atoms with E-state index in [4.69, 9.17) is 5.11 Å². The van der Waals surface area contributed by atoms with Gasteiger partial charge in [-0.2, -0.15) is 0 Å². The Bertz CT molecular complexity index is 309. The number of hydrogen-bond acceptors (Lipinski definition) is 3. The number of para-hydroxylation sites is 1. The molecule has 1 aromatic rings. The third-order valence-corrected chi connectivity index (χ3v) is 1.95.